The fourth-order valence-electron chi connectivity index (χ4n) is 3.45. The highest BCUT2D eigenvalue weighted by Crippen LogP contribution is 2.55. The minimum absolute atomic E-state index is 0.238. The van der Waals surface area contributed by atoms with Crippen molar-refractivity contribution in [1.82, 2.24) is 0 Å². The zero-order valence-electron chi connectivity index (χ0n) is 10.9. The van der Waals surface area contributed by atoms with Gasteiger partial charge in [0.1, 0.15) is 18.3 Å². The van der Waals surface area contributed by atoms with Gasteiger partial charge in [-0.1, -0.05) is 6.42 Å². The van der Waals surface area contributed by atoms with Gasteiger partial charge in [0.2, 0.25) is 0 Å². The van der Waals surface area contributed by atoms with Crippen molar-refractivity contribution in [2.24, 2.45) is 0 Å². The smallest absolute Gasteiger partial charge is 0.328 e. The third-order valence-corrected chi connectivity index (χ3v) is 5.60. The number of hydrogen-bond acceptors (Lipinski definition) is 6. The lowest BCUT2D eigenvalue weighted by atomic mass is 9.94. The molecule has 0 N–H and O–H groups in total. The van der Waals surface area contributed by atoms with Gasteiger partial charge >= 0.3 is 7.60 Å². The summed E-state index contributed by atoms with van der Waals surface area (Å²) in [5.74, 6) is -0.502. The molecule has 1 saturated carbocycles. The molecule has 0 aromatic rings. The minimum atomic E-state index is -2.97. The summed E-state index contributed by atoms with van der Waals surface area (Å²) in [5, 5.41) is 0. The first-order chi connectivity index (χ1) is 9.07. The summed E-state index contributed by atoms with van der Waals surface area (Å²) < 4.78 is 40.6. The Morgan fingerprint density at radius 1 is 1.11 bits per heavy atom. The standard InChI is InChI=1S/C12H19O6P/c1-19(13)14-7-8-9(18-19)10-11(15-8)17-12(16-10)5-3-2-4-6-12/h8-11H,2-7H2,1H3/t8-,9+,10-,11-,19+/m1/s1. The minimum Gasteiger partial charge on any atom is -0.341 e. The van der Waals surface area contributed by atoms with Crippen LogP contribution in [0.3, 0.4) is 0 Å². The molecule has 0 aromatic heterocycles. The van der Waals surface area contributed by atoms with Crippen LogP contribution in [0, 0.1) is 0 Å². The maximum atomic E-state index is 11.9. The van der Waals surface area contributed by atoms with Crippen LogP contribution in [-0.4, -0.2) is 43.7 Å². The molecule has 0 aromatic carbocycles. The molecule has 3 aliphatic heterocycles. The molecule has 4 rings (SSSR count). The van der Waals surface area contributed by atoms with Crippen molar-refractivity contribution < 1.29 is 27.8 Å². The van der Waals surface area contributed by atoms with E-state index in [1.807, 2.05) is 0 Å². The van der Waals surface area contributed by atoms with Crippen LogP contribution in [-0.2, 0) is 27.8 Å². The van der Waals surface area contributed by atoms with Gasteiger partial charge in [0.25, 0.3) is 0 Å². The molecular formula is C12H19O6P. The van der Waals surface area contributed by atoms with Crippen molar-refractivity contribution >= 4 is 7.60 Å². The van der Waals surface area contributed by atoms with Crippen LogP contribution in [0.4, 0.5) is 0 Å². The molecule has 5 atom stereocenters. The third kappa shape index (κ3) is 2.09. The Labute approximate surface area is 112 Å². The molecule has 3 saturated heterocycles. The number of ether oxygens (including phenoxy) is 3. The van der Waals surface area contributed by atoms with E-state index in [1.165, 1.54) is 13.1 Å². The quantitative estimate of drug-likeness (QED) is 0.636. The van der Waals surface area contributed by atoms with Gasteiger partial charge in [0.15, 0.2) is 12.1 Å². The van der Waals surface area contributed by atoms with E-state index >= 15 is 0 Å². The second-order valence-electron chi connectivity index (χ2n) is 5.85. The highest BCUT2D eigenvalue weighted by atomic mass is 31.2. The highest BCUT2D eigenvalue weighted by Gasteiger charge is 2.60. The molecule has 0 amide bonds. The maximum Gasteiger partial charge on any atom is 0.328 e. The first kappa shape index (κ1) is 12.7. The van der Waals surface area contributed by atoms with E-state index in [-0.39, 0.29) is 24.9 Å². The summed E-state index contributed by atoms with van der Waals surface area (Å²) in [6.45, 7) is 1.77. The molecule has 6 nitrogen and oxygen atoms in total. The topological polar surface area (TPSA) is 63.2 Å². The van der Waals surface area contributed by atoms with Gasteiger partial charge in [-0.05, 0) is 12.8 Å². The van der Waals surface area contributed by atoms with Crippen LogP contribution >= 0.6 is 7.60 Å². The average molecular weight is 290 g/mol. The second-order valence-corrected chi connectivity index (χ2v) is 7.86. The lowest BCUT2D eigenvalue weighted by Gasteiger charge is -2.36. The highest BCUT2D eigenvalue weighted by molar-refractivity contribution is 7.53. The lowest BCUT2D eigenvalue weighted by Crippen LogP contribution is -2.42. The van der Waals surface area contributed by atoms with Crippen molar-refractivity contribution in [3.63, 3.8) is 0 Å². The summed E-state index contributed by atoms with van der Waals surface area (Å²) in [4.78, 5) is 0. The Morgan fingerprint density at radius 2 is 1.89 bits per heavy atom. The van der Waals surface area contributed by atoms with Gasteiger partial charge in [0, 0.05) is 19.5 Å². The fraction of sp³-hybridized carbons (Fsp3) is 1.00. The van der Waals surface area contributed by atoms with E-state index in [0.717, 1.165) is 25.7 Å². The Kier molecular flexibility index (Phi) is 2.86. The average Bonchev–Trinajstić information content (AvgIpc) is 2.84. The van der Waals surface area contributed by atoms with Crippen molar-refractivity contribution in [1.29, 1.82) is 0 Å². The lowest BCUT2D eigenvalue weighted by molar-refractivity contribution is -0.249. The summed E-state index contributed by atoms with van der Waals surface area (Å²) in [5.41, 5.74) is 0. The Bertz CT molecular complexity index is 420. The first-order valence-electron chi connectivity index (χ1n) is 6.99. The first-order valence-corrected chi connectivity index (χ1v) is 8.98. The Balaban J connectivity index is 1.53. The molecule has 3 heterocycles. The third-order valence-electron chi connectivity index (χ3n) is 4.35. The molecular weight excluding hydrogens is 271 g/mol. The Hall–Kier alpha value is 0.0300. The van der Waals surface area contributed by atoms with E-state index in [2.05, 4.69) is 0 Å². The molecule has 1 aliphatic carbocycles. The van der Waals surface area contributed by atoms with Crippen LogP contribution in [0.25, 0.3) is 0 Å². The SMILES string of the molecule is C[P@]1(=O)OC[C@H]2O[C@@H]3OC4(CCCCC4)O[C@@H]3[C@H]2O1. The summed E-state index contributed by atoms with van der Waals surface area (Å²) in [6, 6.07) is 0. The zero-order chi connectivity index (χ0) is 13.1. The number of rotatable bonds is 0. The van der Waals surface area contributed by atoms with E-state index in [4.69, 9.17) is 23.3 Å². The van der Waals surface area contributed by atoms with Gasteiger partial charge in [-0.3, -0.25) is 9.09 Å². The molecule has 0 radical (unpaired) electrons. The van der Waals surface area contributed by atoms with E-state index in [0.29, 0.717) is 0 Å². The molecule has 0 unspecified atom stereocenters. The van der Waals surface area contributed by atoms with E-state index < -0.39 is 19.7 Å². The normalized spacial score (nSPS) is 52.1. The van der Waals surface area contributed by atoms with E-state index in [1.54, 1.807) is 0 Å². The van der Waals surface area contributed by atoms with Crippen LogP contribution < -0.4 is 0 Å². The van der Waals surface area contributed by atoms with Crippen molar-refractivity contribution in [3.8, 4) is 0 Å². The maximum absolute atomic E-state index is 11.9. The fourth-order valence-corrected chi connectivity index (χ4v) is 4.62. The van der Waals surface area contributed by atoms with Crippen LogP contribution in [0.5, 0.6) is 0 Å². The van der Waals surface area contributed by atoms with Crippen LogP contribution in [0.15, 0.2) is 0 Å². The van der Waals surface area contributed by atoms with Crippen LogP contribution in [0.1, 0.15) is 32.1 Å². The monoisotopic (exact) mass is 290 g/mol. The summed E-state index contributed by atoms with van der Waals surface area (Å²) >= 11 is 0. The largest absolute Gasteiger partial charge is 0.341 e. The molecule has 4 aliphatic rings. The van der Waals surface area contributed by atoms with Gasteiger partial charge < -0.3 is 18.7 Å². The summed E-state index contributed by atoms with van der Waals surface area (Å²) in [6.07, 6.45) is 4.00. The predicted molar refractivity (Wildman–Crippen MR) is 64.8 cm³/mol. The van der Waals surface area contributed by atoms with Gasteiger partial charge in [0.05, 0.1) is 6.61 Å². The number of fused-ring (bicyclic) bond motifs is 3. The molecule has 7 heteroatoms. The summed E-state index contributed by atoms with van der Waals surface area (Å²) in [7, 11) is -2.97. The molecule has 4 fully saturated rings. The molecule has 108 valence electrons. The molecule has 0 bridgehead atoms. The van der Waals surface area contributed by atoms with Crippen LogP contribution in [0.2, 0.25) is 0 Å². The van der Waals surface area contributed by atoms with Crippen molar-refractivity contribution in [2.75, 3.05) is 13.3 Å². The van der Waals surface area contributed by atoms with Gasteiger partial charge in [-0.15, -0.1) is 0 Å². The predicted octanol–water partition coefficient (Wildman–Crippen LogP) is 2.03. The van der Waals surface area contributed by atoms with E-state index in [9.17, 15) is 4.57 Å². The number of hydrogen-bond donors (Lipinski definition) is 0. The van der Waals surface area contributed by atoms with Crippen molar-refractivity contribution in [2.45, 2.75) is 62.5 Å². The second kappa shape index (κ2) is 4.26. The Morgan fingerprint density at radius 3 is 2.68 bits per heavy atom. The zero-order valence-corrected chi connectivity index (χ0v) is 11.8. The van der Waals surface area contributed by atoms with Gasteiger partial charge in [-0.2, -0.15) is 0 Å². The van der Waals surface area contributed by atoms with Gasteiger partial charge in [-0.25, -0.2) is 0 Å². The van der Waals surface area contributed by atoms with Crippen molar-refractivity contribution in [3.05, 3.63) is 0 Å². The molecule has 19 heavy (non-hydrogen) atoms. The molecule has 1 spiro atoms.